The van der Waals surface area contributed by atoms with Crippen LogP contribution >= 0.6 is 0 Å². The number of carbonyl (C=O) groups is 2. The Morgan fingerprint density at radius 3 is 1.48 bits per heavy atom. The van der Waals surface area contributed by atoms with Crippen molar-refractivity contribution in [2.24, 2.45) is 0 Å². The molecule has 0 rings (SSSR count). The molecule has 0 aromatic carbocycles. The second-order valence-electron chi connectivity index (χ2n) is 11.9. The highest BCUT2D eigenvalue weighted by Crippen LogP contribution is 2.11. The van der Waals surface area contributed by atoms with Gasteiger partial charge >= 0.3 is 11.9 Å². The first-order chi connectivity index (χ1) is 21.6. The third kappa shape index (κ3) is 32.8. The number of rotatable bonds is 32. The molecular weight excluding hydrogens is 548 g/mol. The Kier molecular flexibility index (Phi) is 33.6. The second-order valence-corrected chi connectivity index (χ2v) is 11.9. The summed E-state index contributed by atoms with van der Waals surface area (Å²) < 4.78 is 10.5. The fourth-order valence-electron chi connectivity index (χ4n) is 4.80. The van der Waals surface area contributed by atoms with Gasteiger partial charge in [-0.05, 0) is 70.6 Å². The quantitative estimate of drug-likeness (QED) is 0.0462. The largest absolute Gasteiger partial charge is 0.462 e. The van der Waals surface area contributed by atoms with Crippen LogP contribution < -0.4 is 0 Å². The number of unbranched alkanes of at least 4 members (excludes halogenated alkanes) is 16. The molecule has 0 aromatic rings. The maximum absolute atomic E-state index is 12.1. The van der Waals surface area contributed by atoms with Crippen LogP contribution in [0, 0.1) is 0 Å². The summed E-state index contributed by atoms with van der Waals surface area (Å²) in [5.41, 5.74) is 0. The number of hydrogen-bond acceptors (Lipinski definition) is 5. The number of ether oxygens (including phenoxy) is 2. The zero-order valence-corrected chi connectivity index (χ0v) is 28.7. The van der Waals surface area contributed by atoms with Crippen LogP contribution in [0.15, 0.2) is 48.6 Å². The third-order valence-corrected chi connectivity index (χ3v) is 7.60. The Labute approximate surface area is 271 Å². The van der Waals surface area contributed by atoms with Gasteiger partial charge in [-0.2, -0.15) is 0 Å². The first-order valence-corrected chi connectivity index (χ1v) is 18.2. The highest BCUT2D eigenvalue weighted by atomic mass is 16.6. The molecule has 44 heavy (non-hydrogen) atoms. The SMILES string of the molecule is CCCCCCC=CCCCCCCCC(=O)O[C@@H](CO)COC(=O)CCCC=CCC=CCC=CCCCCCCCC. The average molecular weight is 617 g/mol. The van der Waals surface area contributed by atoms with Gasteiger partial charge in [-0.15, -0.1) is 0 Å². The van der Waals surface area contributed by atoms with Gasteiger partial charge in [0.05, 0.1) is 6.61 Å². The minimum absolute atomic E-state index is 0.0960. The molecule has 1 atom stereocenters. The fraction of sp³-hybridized carbons (Fsp3) is 0.744. The van der Waals surface area contributed by atoms with E-state index in [1.54, 1.807) is 0 Å². The van der Waals surface area contributed by atoms with Crippen LogP contribution in [0.4, 0.5) is 0 Å². The van der Waals surface area contributed by atoms with E-state index >= 15 is 0 Å². The molecule has 0 aliphatic rings. The molecule has 0 aliphatic heterocycles. The topological polar surface area (TPSA) is 72.8 Å². The zero-order chi connectivity index (χ0) is 32.2. The maximum Gasteiger partial charge on any atom is 0.306 e. The van der Waals surface area contributed by atoms with Gasteiger partial charge in [0.15, 0.2) is 6.10 Å². The monoisotopic (exact) mass is 617 g/mol. The van der Waals surface area contributed by atoms with Crippen molar-refractivity contribution in [3.63, 3.8) is 0 Å². The lowest BCUT2D eigenvalue weighted by atomic mass is 10.1. The van der Waals surface area contributed by atoms with E-state index in [4.69, 9.17) is 9.47 Å². The van der Waals surface area contributed by atoms with Gasteiger partial charge in [0, 0.05) is 12.8 Å². The van der Waals surface area contributed by atoms with Gasteiger partial charge in [-0.25, -0.2) is 0 Å². The van der Waals surface area contributed by atoms with Crippen molar-refractivity contribution in [1.82, 2.24) is 0 Å². The summed E-state index contributed by atoms with van der Waals surface area (Å²) in [4.78, 5) is 24.1. The molecule has 0 saturated carbocycles. The van der Waals surface area contributed by atoms with Crippen LogP contribution in [-0.4, -0.2) is 36.4 Å². The highest BCUT2D eigenvalue weighted by Gasteiger charge is 2.15. The van der Waals surface area contributed by atoms with E-state index in [9.17, 15) is 14.7 Å². The number of allylic oxidation sites excluding steroid dienone is 8. The predicted molar refractivity (Wildman–Crippen MR) is 187 cm³/mol. The molecule has 0 aliphatic carbocycles. The van der Waals surface area contributed by atoms with Crippen LogP contribution in [0.5, 0.6) is 0 Å². The first-order valence-electron chi connectivity index (χ1n) is 18.2. The maximum atomic E-state index is 12.1. The van der Waals surface area contributed by atoms with E-state index < -0.39 is 6.10 Å². The van der Waals surface area contributed by atoms with Crippen LogP contribution in [0.1, 0.15) is 168 Å². The summed E-state index contributed by atoms with van der Waals surface area (Å²) in [5.74, 6) is -0.665. The van der Waals surface area contributed by atoms with Crippen molar-refractivity contribution >= 4 is 11.9 Å². The average Bonchev–Trinajstić information content (AvgIpc) is 3.02. The van der Waals surface area contributed by atoms with Crippen molar-refractivity contribution < 1.29 is 24.2 Å². The van der Waals surface area contributed by atoms with Crippen LogP contribution in [0.2, 0.25) is 0 Å². The number of carbonyl (C=O) groups excluding carboxylic acids is 2. The van der Waals surface area contributed by atoms with Crippen molar-refractivity contribution in [3.8, 4) is 0 Å². The van der Waals surface area contributed by atoms with Crippen molar-refractivity contribution in [2.75, 3.05) is 13.2 Å². The van der Waals surface area contributed by atoms with Gasteiger partial charge < -0.3 is 14.6 Å². The van der Waals surface area contributed by atoms with Gasteiger partial charge in [0.2, 0.25) is 0 Å². The molecule has 0 bridgehead atoms. The molecular formula is C39H68O5. The van der Waals surface area contributed by atoms with Gasteiger partial charge in [-0.3, -0.25) is 9.59 Å². The summed E-state index contributed by atoms with van der Waals surface area (Å²) in [6.45, 7) is 4.05. The number of esters is 2. The Balaban J connectivity index is 3.69. The van der Waals surface area contributed by atoms with E-state index in [0.29, 0.717) is 19.3 Å². The minimum Gasteiger partial charge on any atom is -0.462 e. The summed E-state index contributed by atoms with van der Waals surface area (Å²) in [7, 11) is 0. The summed E-state index contributed by atoms with van der Waals surface area (Å²) in [6.07, 6.45) is 43.1. The molecule has 0 saturated heterocycles. The van der Waals surface area contributed by atoms with E-state index in [1.165, 1.54) is 89.9 Å². The fourth-order valence-corrected chi connectivity index (χ4v) is 4.80. The molecule has 5 heteroatoms. The number of aliphatic hydroxyl groups excluding tert-OH is 1. The van der Waals surface area contributed by atoms with Crippen molar-refractivity contribution in [2.45, 2.75) is 174 Å². The van der Waals surface area contributed by atoms with Crippen LogP contribution in [0.3, 0.4) is 0 Å². The molecule has 1 N–H and O–H groups in total. The summed E-state index contributed by atoms with van der Waals surface area (Å²) >= 11 is 0. The van der Waals surface area contributed by atoms with Crippen LogP contribution in [0.25, 0.3) is 0 Å². The molecule has 254 valence electrons. The summed E-state index contributed by atoms with van der Waals surface area (Å²) in [6, 6.07) is 0. The predicted octanol–water partition coefficient (Wildman–Crippen LogP) is 11.1. The molecule has 0 unspecified atom stereocenters. The molecule has 0 spiro atoms. The highest BCUT2D eigenvalue weighted by molar-refractivity contribution is 5.70. The Morgan fingerprint density at radius 2 is 0.932 bits per heavy atom. The molecule has 0 amide bonds. The molecule has 0 radical (unpaired) electrons. The van der Waals surface area contributed by atoms with Gasteiger partial charge in [0.1, 0.15) is 6.61 Å². The Hall–Kier alpha value is -2.14. The lowest BCUT2D eigenvalue weighted by Gasteiger charge is -2.15. The van der Waals surface area contributed by atoms with Crippen LogP contribution in [-0.2, 0) is 19.1 Å². The van der Waals surface area contributed by atoms with E-state index in [1.807, 2.05) is 0 Å². The van der Waals surface area contributed by atoms with Crippen molar-refractivity contribution in [1.29, 1.82) is 0 Å². The smallest absolute Gasteiger partial charge is 0.306 e. The van der Waals surface area contributed by atoms with E-state index in [0.717, 1.165) is 44.9 Å². The molecule has 0 heterocycles. The second kappa shape index (κ2) is 35.3. The van der Waals surface area contributed by atoms with Crippen molar-refractivity contribution in [3.05, 3.63) is 48.6 Å². The lowest BCUT2D eigenvalue weighted by molar-refractivity contribution is -0.161. The number of hydrogen-bond donors (Lipinski definition) is 1. The minimum atomic E-state index is -0.794. The number of aliphatic hydroxyl groups is 1. The first kappa shape index (κ1) is 41.9. The standard InChI is InChI=1S/C39H68O5/c1-3-5-7-9-11-13-15-17-18-19-20-22-23-25-27-29-31-33-38(41)43-36-37(35-40)44-39(42)34-32-30-28-26-24-21-16-14-12-10-8-6-4-2/h14,16-18,20,22,25,27,37,40H,3-13,15,19,21,23-24,26,28-36H2,1-2H3/t37-/m0/s1. The van der Waals surface area contributed by atoms with Gasteiger partial charge in [0.25, 0.3) is 0 Å². The summed E-state index contributed by atoms with van der Waals surface area (Å²) in [5, 5.41) is 9.51. The Bertz CT molecular complexity index is 752. The third-order valence-electron chi connectivity index (χ3n) is 7.60. The lowest BCUT2D eigenvalue weighted by Crippen LogP contribution is -2.28. The zero-order valence-electron chi connectivity index (χ0n) is 28.7. The normalized spacial score (nSPS) is 12.7. The van der Waals surface area contributed by atoms with E-state index in [-0.39, 0.29) is 25.2 Å². The molecule has 0 aromatic heterocycles. The molecule has 0 fully saturated rings. The molecule has 5 nitrogen and oxygen atoms in total. The van der Waals surface area contributed by atoms with E-state index in [2.05, 4.69) is 62.5 Å². The Morgan fingerprint density at radius 1 is 0.523 bits per heavy atom. The van der Waals surface area contributed by atoms with Gasteiger partial charge in [-0.1, -0.05) is 133 Å².